The molecule has 1 atom stereocenters. The zero-order valence-electron chi connectivity index (χ0n) is 10.4. The van der Waals surface area contributed by atoms with Crippen molar-refractivity contribution in [1.29, 1.82) is 0 Å². The van der Waals surface area contributed by atoms with Gasteiger partial charge in [-0.1, -0.05) is 32.9 Å². The third-order valence-corrected chi connectivity index (χ3v) is 2.60. The maximum Gasteiger partial charge on any atom is 0.142 e. The molecule has 0 spiro atoms. The van der Waals surface area contributed by atoms with Crippen molar-refractivity contribution in [3.63, 3.8) is 0 Å². The van der Waals surface area contributed by atoms with Gasteiger partial charge < -0.3 is 9.84 Å². The lowest BCUT2D eigenvalue weighted by Gasteiger charge is -2.12. The molecule has 1 aromatic rings. The van der Waals surface area contributed by atoms with E-state index in [2.05, 4.69) is 44.2 Å². The number of rotatable bonds is 4. The van der Waals surface area contributed by atoms with Crippen LogP contribution in [0.4, 0.5) is 0 Å². The molecule has 0 aliphatic heterocycles. The number of nitrogens with zero attached hydrogens (tertiary/aromatic N) is 1. The van der Waals surface area contributed by atoms with Crippen molar-refractivity contribution >= 4 is 0 Å². The van der Waals surface area contributed by atoms with Gasteiger partial charge in [-0.15, -0.1) is 0 Å². The highest BCUT2D eigenvalue weighted by Crippen LogP contribution is 2.26. The normalized spacial score (nSPS) is 14.2. The second-order valence-corrected chi connectivity index (χ2v) is 5.16. The fourth-order valence-corrected chi connectivity index (χ4v) is 1.38. The molecular formula is C12H22N2O. The minimum atomic E-state index is 0.0496. The molecule has 0 saturated carbocycles. The zero-order valence-corrected chi connectivity index (χ0v) is 10.4. The first-order valence-corrected chi connectivity index (χ1v) is 5.57. The lowest BCUT2D eigenvalue weighted by atomic mass is 9.92. The van der Waals surface area contributed by atoms with Crippen LogP contribution in [0.3, 0.4) is 0 Å². The maximum atomic E-state index is 5.36. The summed E-state index contributed by atoms with van der Waals surface area (Å²) in [5, 5.41) is 7.28. The van der Waals surface area contributed by atoms with E-state index in [1.807, 2.05) is 7.05 Å². The van der Waals surface area contributed by atoms with E-state index >= 15 is 0 Å². The number of hydrogen-bond acceptors (Lipinski definition) is 3. The lowest BCUT2D eigenvalue weighted by molar-refractivity contribution is 0.323. The van der Waals surface area contributed by atoms with Crippen LogP contribution >= 0.6 is 0 Å². The number of nitrogens with one attached hydrogen (secondary N) is 1. The van der Waals surface area contributed by atoms with Crippen molar-refractivity contribution in [1.82, 2.24) is 10.5 Å². The Labute approximate surface area is 92.2 Å². The average Bonchev–Trinajstić information content (AvgIpc) is 2.62. The third kappa shape index (κ3) is 3.34. The third-order valence-electron chi connectivity index (χ3n) is 2.60. The van der Waals surface area contributed by atoms with Gasteiger partial charge in [0.15, 0.2) is 0 Å². The molecule has 0 saturated heterocycles. The molecule has 1 unspecified atom stereocenters. The predicted octanol–water partition coefficient (Wildman–Crippen LogP) is 2.69. The van der Waals surface area contributed by atoms with Gasteiger partial charge in [-0.2, -0.15) is 0 Å². The predicted molar refractivity (Wildman–Crippen MR) is 62.2 cm³/mol. The zero-order chi connectivity index (χ0) is 11.5. The van der Waals surface area contributed by atoms with E-state index < -0.39 is 0 Å². The lowest BCUT2D eigenvalue weighted by Crippen LogP contribution is -2.11. The van der Waals surface area contributed by atoms with E-state index in [0.29, 0.717) is 5.92 Å². The summed E-state index contributed by atoms with van der Waals surface area (Å²) < 4.78 is 5.36. The SMILES string of the molecule is CNCCC(C)c1cc(C(C)(C)C)on1. The molecule has 1 rings (SSSR count). The molecule has 0 radical (unpaired) electrons. The molecule has 3 heteroatoms. The Hall–Kier alpha value is -0.830. The quantitative estimate of drug-likeness (QED) is 0.830. The van der Waals surface area contributed by atoms with Gasteiger partial charge >= 0.3 is 0 Å². The summed E-state index contributed by atoms with van der Waals surface area (Å²) in [5.41, 5.74) is 1.11. The molecule has 0 amide bonds. The van der Waals surface area contributed by atoms with E-state index in [4.69, 9.17) is 4.52 Å². The molecule has 15 heavy (non-hydrogen) atoms. The van der Waals surface area contributed by atoms with Gasteiger partial charge in [0, 0.05) is 17.4 Å². The van der Waals surface area contributed by atoms with Crippen molar-refractivity contribution in [2.24, 2.45) is 0 Å². The van der Waals surface area contributed by atoms with E-state index in [1.54, 1.807) is 0 Å². The highest BCUT2D eigenvalue weighted by Gasteiger charge is 2.21. The van der Waals surface area contributed by atoms with Crippen LogP contribution in [-0.4, -0.2) is 18.7 Å². The number of hydrogen-bond donors (Lipinski definition) is 1. The Morgan fingerprint density at radius 1 is 1.47 bits per heavy atom. The summed E-state index contributed by atoms with van der Waals surface area (Å²) in [4.78, 5) is 0. The highest BCUT2D eigenvalue weighted by atomic mass is 16.5. The molecule has 0 fully saturated rings. The average molecular weight is 210 g/mol. The van der Waals surface area contributed by atoms with Crippen LogP contribution in [-0.2, 0) is 5.41 Å². The summed E-state index contributed by atoms with van der Waals surface area (Å²) in [7, 11) is 1.97. The molecule has 1 heterocycles. The highest BCUT2D eigenvalue weighted by molar-refractivity contribution is 5.15. The van der Waals surface area contributed by atoms with Crippen LogP contribution in [0, 0.1) is 0 Å². The molecule has 1 N–H and O–H groups in total. The van der Waals surface area contributed by atoms with Crippen LogP contribution in [0.25, 0.3) is 0 Å². The second-order valence-electron chi connectivity index (χ2n) is 5.16. The molecule has 0 bridgehead atoms. The van der Waals surface area contributed by atoms with Gasteiger partial charge in [0.05, 0.1) is 5.69 Å². The topological polar surface area (TPSA) is 38.1 Å². The Morgan fingerprint density at radius 3 is 2.60 bits per heavy atom. The van der Waals surface area contributed by atoms with Gasteiger partial charge in [-0.3, -0.25) is 0 Å². The molecule has 0 aliphatic rings. The van der Waals surface area contributed by atoms with Crippen molar-refractivity contribution in [3.05, 3.63) is 17.5 Å². The van der Waals surface area contributed by atoms with Crippen LogP contribution in [0.1, 0.15) is 51.5 Å². The Balaban J connectivity index is 2.67. The van der Waals surface area contributed by atoms with Crippen molar-refractivity contribution < 1.29 is 4.52 Å². The number of aromatic nitrogens is 1. The molecule has 1 aromatic heterocycles. The summed E-state index contributed by atoms with van der Waals surface area (Å²) >= 11 is 0. The fourth-order valence-electron chi connectivity index (χ4n) is 1.38. The molecule has 0 aliphatic carbocycles. The van der Waals surface area contributed by atoms with E-state index in [1.165, 1.54) is 0 Å². The minimum absolute atomic E-state index is 0.0496. The van der Waals surface area contributed by atoms with Crippen molar-refractivity contribution in [3.8, 4) is 0 Å². The standard InChI is InChI=1S/C12H22N2O/c1-9(6-7-13-5)10-8-11(15-14-10)12(2,3)4/h8-9,13H,6-7H2,1-5H3. The fraction of sp³-hybridized carbons (Fsp3) is 0.750. The van der Waals surface area contributed by atoms with Gasteiger partial charge in [0.2, 0.25) is 0 Å². The van der Waals surface area contributed by atoms with Gasteiger partial charge in [-0.25, -0.2) is 0 Å². The van der Waals surface area contributed by atoms with Crippen LogP contribution < -0.4 is 5.32 Å². The minimum Gasteiger partial charge on any atom is -0.361 e. The first-order chi connectivity index (χ1) is 6.95. The summed E-state index contributed by atoms with van der Waals surface area (Å²) in [6.45, 7) is 9.60. The van der Waals surface area contributed by atoms with Crippen molar-refractivity contribution in [2.75, 3.05) is 13.6 Å². The van der Waals surface area contributed by atoms with Gasteiger partial charge in [-0.05, 0) is 20.0 Å². The van der Waals surface area contributed by atoms with E-state index in [0.717, 1.165) is 24.4 Å². The maximum absolute atomic E-state index is 5.36. The van der Waals surface area contributed by atoms with Crippen LogP contribution in [0.2, 0.25) is 0 Å². The van der Waals surface area contributed by atoms with E-state index in [-0.39, 0.29) is 5.41 Å². The van der Waals surface area contributed by atoms with E-state index in [9.17, 15) is 0 Å². The summed E-state index contributed by atoms with van der Waals surface area (Å²) in [5.74, 6) is 1.42. The van der Waals surface area contributed by atoms with Crippen LogP contribution in [0.5, 0.6) is 0 Å². The summed E-state index contributed by atoms with van der Waals surface area (Å²) in [6.07, 6.45) is 1.09. The smallest absolute Gasteiger partial charge is 0.142 e. The molecular weight excluding hydrogens is 188 g/mol. The first-order valence-electron chi connectivity index (χ1n) is 5.57. The molecule has 3 nitrogen and oxygen atoms in total. The monoisotopic (exact) mass is 210 g/mol. The first kappa shape index (κ1) is 12.2. The Morgan fingerprint density at radius 2 is 2.13 bits per heavy atom. The van der Waals surface area contributed by atoms with Gasteiger partial charge in [0.1, 0.15) is 5.76 Å². The largest absolute Gasteiger partial charge is 0.361 e. The Bertz CT molecular complexity index is 299. The molecule has 0 aromatic carbocycles. The second kappa shape index (κ2) is 4.79. The summed E-state index contributed by atoms with van der Waals surface area (Å²) in [6, 6.07) is 2.08. The van der Waals surface area contributed by atoms with Gasteiger partial charge in [0.25, 0.3) is 0 Å². The molecule has 86 valence electrons. The van der Waals surface area contributed by atoms with Crippen molar-refractivity contribution in [2.45, 2.75) is 45.4 Å². The Kier molecular flexibility index (Phi) is 3.91. The van der Waals surface area contributed by atoms with Crippen LogP contribution in [0.15, 0.2) is 10.6 Å².